The van der Waals surface area contributed by atoms with Gasteiger partial charge in [-0.1, -0.05) is 17.2 Å². The van der Waals surface area contributed by atoms with Crippen LogP contribution in [0.15, 0.2) is 24.3 Å². The maximum atomic E-state index is 12.7. The Balaban J connectivity index is 1.76. The fourth-order valence-corrected chi connectivity index (χ4v) is 3.11. The van der Waals surface area contributed by atoms with E-state index in [4.69, 9.17) is 14.3 Å². The zero-order valence-corrected chi connectivity index (χ0v) is 16.1. The summed E-state index contributed by atoms with van der Waals surface area (Å²) in [6.07, 6.45) is -0.929. The Labute approximate surface area is 162 Å². The predicted molar refractivity (Wildman–Crippen MR) is 95.2 cm³/mol. The van der Waals surface area contributed by atoms with Crippen LogP contribution in [0.5, 0.6) is 0 Å². The molecule has 3 rings (SSSR count). The van der Waals surface area contributed by atoms with Crippen molar-refractivity contribution in [3.63, 3.8) is 0 Å². The molecular weight excluding hydrogens is 368 g/mol. The number of methoxy groups -OCH3 is 1. The highest BCUT2D eigenvalue weighted by atomic mass is 16.7. The van der Waals surface area contributed by atoms with Crippen LogP contribution in [0.2, 0.25) is 0 Å². The number of hydroxylamine groups is 2. The van der Waals surface area contributed by atoms with Crippen LogP contribution in [0.25, 0.3) is 0 Å². The number of rotatable bonds is 3. The molecule has 9 nitrogen and oxygen atoms in total. The number of ether oxygens (including phenoxy) is 2. The average molecular weight is 390 g/mol. The summed E-state index contributed by atoms with van der Waals surface area (Å²) in [4.78, 5) is 56.2. The molecule has 0 unspecified atom stereocenters. The second kappa shape index (κ2) is 7.23. The highest BCUT2D eigenvalue weighted by molar-refractivity contribution is 6.20. The lowest BCUT2D eigenvalue weighted by molar-refractivity contribution is -0.173. The van der Waals surface area contributed by atoms with Crippen LogP contribution in [-0.2, 0) is 19.1 Å². The Bertz CT molecular complexity index is 795. The molecule has 0 saturated carbocycles. The molecule has 9 heteroatoms. The van der Waals surface area contributed by atoms with Gasteiger partial charge in [0.15, 0.2) is 0 Å². The van der Waals surface area contributed by atoms with Crippen LogP contribution in [0.1, 0.15) is 47.9 Å². The molecule has 2 heterocycles. The van der Waals surface area contributed by atoms with Crippen molar-refractivity contribution >= 4 is 23.9 Å². The van der Waals surface area contributed by atoms with Crippen molar-refractivity contribution in [2.24, 2.45) is 0 Å². The van der Waals surface area contributed by atoms with Crippen molar-refractivity contribution in [3.05, 3.63) is 35.4 Å². The predicted octanol–water partition coefficient (Wildman–Crippen LogP) is 1.77. The van der Waals surface area contributed by atoms with Gasteiger partial charge in [0.2, 0.25) is 0 Å². The minimum atomic E-state index is -1.04. The van der Waals surface area contributed by atoms with Gasteiger partial charge in [0, 0.05) is 13.5 Å². The van der Waals surface area contributed by atoms with E-state index in [0.29, 0.717) is 5.06 Å². The molecule has 28 heavy (non-hydrogen) atoms. The molecule has 1 saturated heterocycles. The average Bonchev–Trinajstić information content (AvgIpc) is 3.17. The summed E-state index contributed by atoms with van der Waals surface area (Å²) in [5.41, 5.74) is -0.435. The van der Waals surface area contributed by atoms with Gasteiger partial charge in [-0.25, -0.2) is 9.59 Å². The number of likely N-dealkylation sites (tertiary alicyclic amines) is 1. The Hall–Kier alpha value is -2.94. The zero-order valence-electron chi connectivity index (χ0n) is 16.1. The smallest absolute Gasteiger partial charge is 0.411 e. The van der Waals surface area contributed by atoms with Gasteiger partial charge in [0.05, 0.1) is 23.8 Å². The van der Waals surface area contributed by atoms with Crippen molar-refractivity contribution in [2.45, 2.75) is 44.9 Å². The summed E-state index contributed by atoms with van der Waals surface area (Å²) < 4.78 is 10.6. The van der Waals surface area contributed by atoms with Crippen LogP contribution >= 0.6 is 0 Å². The summed E-state index contributed by atoms with van der Waals surface area (Å²) in [5.74, 6) is -2.35. The maximum absolute atomic E-state index is 12.7. The Kier molecular flexibility index (Phi) is 5.12. The van der Waals surface area contributed by atoms with Crippen LogP contribution in [-0.4, -0.2) is 65.2 Å². The Morgan fingerprint density at radius 1 is 1.07 bits per heavy atom. The molecule has 0 N–H and O–H groups in total. The largest absolute Gasteiger partial charge is 0.444 e. The van der Waals surface area contributed by atoms with Gasteiger partial charge in [-0.15, -0.1) is 0 Å². The van der Waals surface area contributed by atoms with Gasteiger partial charge in [0.25, 0.3) is 11.8 Å². The molecule has 2 aliphatic rings. The van der Waals surface area contributed by atoms with E-state index in [2.05, 4.69) is 0 Å². The van der Waals surface area contributed by atoms with E-state index in [9.17, 15) is 19.2 Å². The lowest BCUT2D eigenvalue weighted by atomic mass is 10.1. The van der Waals surface area contributed by atoms with Crippen LogP contribution in [0.3, 0.4) is 0 Å². The number of amides is 3. The monoisotopic (exact) mass is 390 g/mol. The van der Waals surface area contributed by atoms with Crippen LogP contribution in [0.4, 0.5) is 4.79 Å². The molecule has 2 atom stereocenters. The SMILES string of the molecule is CO[C@@H]1C[C@H](C(=O)ON2C(=O)c3ccccc3C2=O)N(C(=O)OC(C)(C)C)C1. The number of hydrogen-bond acceptors (Lipinski definition) is 7. The molecule has 0 aromatic heterocycles. The molecular formula is C19H22N2O7. The molecule has 0 radical (unpaired) electrons. The molecule has 0 spiro atoms. The molecule has 1 aromatic rings. The number of carbonyl (C=O) groups excluding carboxylic acids is 4. The fourth-order valence-electron chi connectivity index (χ4n) is 3.11. The standard InChI is InChI=1S/C19H22N2O7/c1-19(2,3)27-18(25)20-10-11(26-4)9-14(20)17(24)28-21-15(22)12-7-5-6-8-13(12)16(21)23/h5-8,11,14H,9-10H2,1-4H3/t11-,14-/m1/s1. The number of benzene rings is 1. The van der Waals surface area contributed by atoms with E-state index in [-0.39, 0.29) is 24.1 Å². The quantitative estimate of drug-likeness (QED) is 0.725. The number of hydrogen-bond donors (Lipinski definition) is 0. The Morgan fingerprint density at radius 3 is 2.14 bits per heavy atom. The third-order valence-electron chi connectivity index (χ3n) is 4.43. The summed E-state index contributed by atoms with van der Waals surface area (Å²) in [6, 6.07) is 5.14. The summed E-state index contributed by atoms with van der Waals surface area (Å²) in [5, 5.41) is 0.431. The van der Waals surface area contributed by atoms with E-state index in [1.165, 1.54) is 24.1 Å². The summed E-state index contributed by atoms with van der Waals surface area (Å²) in [7, 11) is 1.47. The topological polar surface area (TPSA) is 102 Å². The second-order valence-corrected chi connectivity index (χ2v) is 7.60. The van der Waals surface area contributed by atoms with Crippen LogP contribution < -0.4 is 0 Å². The summed E-state index contributed by atoms with van der Waals surface area (Å²) in [6.45, 7) is 5.26. The normalized spacial score (nSPS) is 21.7. The highest BCUT2D eigenvalue weighted by Crippen LogP contribution is 2.27. The van der Waals surface area contributed by atoms with Crippen molar-refractivity contribution in [1.82, 2.24) is 9.96 Å². The Morgan fingerprint density at radius 2 is 1.64 bits per heavy atom. The third-order valence-corrected chi connectivity index (χ3v) is 4.43. The molecule has 2 aliphatic heterocycles. The van der Waals surface area contributed by atoms with E-state index >= 15 is 0 Å². The van der Waals surface area contributed by atoms with Gasteiger partial charge < -0.3 is 14.3 Å². The number of fused-ring (bicyclic) bond motifs is 1. The van der Waals surface area contributed by atoms with E-state index < -0.39 is 41.6 Å². The minimum Gasteiger partial charge on any atom is -0.444 e. The molecule has 0 bridgehead atoms. The van der Waals surface area contributed by atoms with Crippen molar-refractivity contribution in [1.29, 1.82) is 0 Å². The first-order valence-corrected chi connectivity index (χ1v) is 8.84. The summed E-state index contributed by atoms with van der Waals surface area (Å²) >= 11 is 0. The number of nitrogens with zero attached hydrogens (tertiary/aromatic N) is 2. The third kappa shape index (κ3) is 3.70. The van der Waals surface area contributed by atoms with Gasteiger partial charge >= 0.3 is 12.1 Å². The van der Waals surface area contributed by atoms with Gasteiger partial charge in [-0.2, -0.15) is 0 Å². The molecule has 1 aromatic carbocycles. The van der Waals surface area contributed by atoms with Gasteiger partial charge in [0.1, 0.15) is 11.6 Å². The molecule has 0 aliphatic carbocycles. The maximum Gasteiger partial charge on any atom is 0.411 e. The lowest BCUT2D eigenvalue weighted by Crippen LogP contribution is -2.46. The fraction of sp³-hybridized carbons (Fsp3) is 0.474. The molecule has 150 valence electrons. The van der Waals surface area contributed by atoms with Crippen molar-refractivity contribution in [2.75, 3.05) is 13.7 Å². The number of carbonyl (C=O) groups is 4. The number of imide groups is 1. The zero-order chi connectivity index (χ0) is 20.6. The first-order chi connectivity index (χ1) is 13.1. The van der Waals surface area contributed by atoms with Crippen molar-refractivity contribution in [3.8, 4) is 0 Å². The first kappa shape index (κ1) is 19.8. The van der Waals surface area contributed by atoms with E-state index in [1.54, 1.807) is 32.9 Å². The van der Waals surface area contributed by atoms with E-state index in [1.807, 2.05) is 0 Å². The van der Waals surface area contributed by atoms with E-state index in [0.717, 1.165) is 0 Å². The highest BCUT2D eigenvalue weighted by Gasteiger charge is 2.46. The molecule has 1 fully saturated rings. The van der Waals surface area contributed by atoms with Gasteiger partial charge in [-0.05, 0) is 32.9 Å². The molecule has 3 amide bonds. The minimum absolute atomic E-state index is 0.132. The van der Waals surface area contributed by atoms with Crippen molar-refractivity contribution < 1.29 is 33.5 Å². The van der Waals surface area contributed by atoms with Crippen LogP contribution in [0, 0.1) is 0 Å². The second-order valence-electron chi connectivity index (χ2n) is 7.60. The lowest BCUT2D eigenvalue weighted by Gasteiger charge is -2.27. The first-order valence-electron chi connectivity index (χ1n) is 8.84. The van der Waals surface area contributed by atoms with Gasteiger partial charge in [-0.3, -0.25) is 14.5 Å².